The Balaban J connectivity index is 2.72. The molecule has 0 aliphatic heterocycles. The summed E-state index contributed by atoms with van der Waals surface area (Å²) in [5.41, 5.74) is 0. The van der Waals surface area contributed by atoms with Crippen LogP contribution in [-0.4, -0.2) is 44.0 Å². The topological polar surface area (TPSA) is 97.1 Å². The number of nitrogens with one attached hydrogen (secondary N) is 1. The maximum atomic E-state index is 11.4. The molecule has 1 aromatic rings. The van der Waals surface area contributed by atoms with E-state index in [9.17, 15) is 9.59 Å². The highest BCUT2D eigenvalue weighted by Gasteiger charge is 2.13. The van der Waals surface area contributed by atoms with Crippen LogP contribution in [-0.2, 0) is 16.1 Å². The number of carbonyl (C=O) groups excluding carboxylic acids is 1. The van der Waals surface area contributed by atoms with E-state index < -0.39 is 5.97 Å². The highest BCUT2D eigenvalue weighted by molar-refractivity contribution is 7.99. The maximum Gasteiger partial charge on any atom is 0.313 e. The van der Waals surface area contributed by atoms with Crippen LogP contribution in [0.2, 0.25) is 0 Å². The van der Waals surface area contributed by atoms with Gasteiger partial charge in [-0.2, -0.15) is 0 Å². The number of carboxylic acid groups (broad SMARTS) is 1. The minimum atomic E-state index is -0.930. The van der Waals surface area contributed by atoms with Crippen molar-refractivity contribution in [1.82, 2.24) is 20.1 Å². The molecule has 1 rings (SSSR count). The molecule has 94 valence electrons. The van der Waals surface area contributed by atoms with Crippen molar-refractivity contribution >= 4 is 23.6 Å². The number of thioether (sulfide) groups is 1. The fourth-order valence-corrected chi connectivity index (χ4v) is 1.88. The largest absolute Gasteiger partial charge is 0.481 e. The number of carbonyl (C=O) groups is 2. The molecule has 0 bridgehead atoms. The van der Waals surface area contributed by atoms with E-state index in [0.29, 0.717) is 17.5 Å². The van der Waals surface area contributed by atoms with Crippen LogP contribution in [0.1, 0.15) is 12.7 Å². The van der Waals surface area contributed by atoms with Gasteiger partial charge in [-0.3, -0.25) is 14.2 Å². The summed E-state index contributed by atoms with van der Waals surface area (Å²) in [5, 5.41) is 19.3. The second-order valence-corrected chi connectivity index (χ2v) is 4.19. The SMILES string of the molecule is CCNC(=O)Cn1c(C)nnc1SCC(=O)O. The number of nitrogens with zero attached hydrogens (tertiary/aromatic N) is 3. The monoisotopic (exact) mass is 258 g/mol. The molecule has 0 aromatic carbocycles. The van der Waals surface area contributed by atoms with Crippen LogP contribution < -0.4 is 5.32 Å². The van der Waals surface area contributed by atoms with Gasteiger partial charge in [-0.25, -0.2) is 0 Å². The standard InChI is InChI=1S/C9H14N4O3S/c1-3-10-7(14)4-13-6(2)11-12-9(13)17-5-8(15)16/h3-5H2,1-2H3,(H,10,14)(H,15,16). The molecule has 0 saturated heterocycles. The van der Waals surface area contributed by atoms with Crippen LogP contribution in [0.4, 0.5) is 0 Å². The molecule has 0 saturated carbocycles. The number of aryl methyl sites for hydroxylation is 1. The van der Waals surface area contributed by atoms with Gasteiger partial charge in [0.15, 0.2) is 5.16 Å². The van der Waals surface area contributed by atoms with Gasteiger partial charge >= 0.3 is 5.97 Å². The van der Waals surface area contributed by atoms with Gasteiger partial charge in [0.25, 0.3) is 0 Å². The third-order valence-electron chi connectivity index (χ3n) is 1.90. The fraction of sp³-hybridized carbons (Fsp3) is 0.556. The molecular formula is C9H14N4O3S. The number of amides is 1. The minimum absolute atomic E-state index is 0.104. The minimum Gasteiger partial charge on any atom is -0.481 e. The molecule has 0 unspecified atom stereocenters. The smallest absolute Gasteiger partial charge is 0.313 e. The lowest BCUT2D eigenvalue weighted by molar-refractivity contribution is -0.133. The van der Waals surface area contributed by atoms with Crippen molar-refractivity contribution in [3.63, 3.8) is 0 Å². The van der Waals surface area contributed by atoms with Gasteiger partial charge in [-0.15, -0.1) is 10.2 Å². The number of rotatable bonds is 6. The molecule has 2 N–H and O–H groups in total. The lowest BCUT2D eigenvalue weighted by Gasteiger charge is -2.07. The first-order valence-corrected chi connectivity index (χ1v) is 6.04. The number of hydrogen-bond acceptors (Lipinski definition) is 5. The molecule has 7 nitrogen and oxygen atoms in total. The Morgan fingerprint density at radius 3 is 2.76 bits per heavy atom. The Bertz CT molecular complexity index is 418. The molecule has 17 heavy (non-hydrogen) atoms. The van der Waals surface area contributed by atoms with Gasteiger partial charge in [-0.1, -0.05) is 11.8 Å². The summed E-state index contributed by atoms with van der Waals surface area (Å²) in [6.45, 7) is 4.21. The molecule has 1 amide bonds. The summed E-state index contributed by atoms with van der Waals surface area (Å²) in [5.74, 6) is -0.593. The van der Waals surface area contributed by atoms with E-state index in [4.69, 9.17) is 5.11 Å². The third kappa shape index (κ3) is 4.06. The number of aromatic nitrogens is 3. The Hall–Kier alpha value is -1.57. The quantitative estimate of drug-likeness (QED) is 0.691. The predicted octanol–water partition coefficient (Wildman–Crippen LogP) is -0.101. The first-order valence-electron chi connectivity index (χ1n) is 5.05. The van der Waals surface area contributed by atoms with Gasteiger partial charge in [0.05, 0.1) is 5.75 Å². The van der Waals surface area contributed by atoms with Crippen molar-refractivity contribution < 1.29 is 14.7 Å². The van der Waals surface area contributed by atoms with Crippen LogP contribution in [0.15, 0.2) is 5.16 Å². The van der Waals surface area contributed by atoms with Crippen molar-refractivity contribution in [1.29, 1.82) is 0 Å². The summed E-state index contributed by atoms with van der Waals surface area (Å²) in [6.07, 6.45) is 0. The lowest BCUT2D eigenvalue weighted by Crippen LogP contribution is -2.27. The summed E-state index contributed by atoms with van der Waals surface area (Å²) < 4.78 is 1.60. The van der Waals surface area contributed by atoms with E-state index in [2.05, 4.69) is 15.5 Å². The Kier molecular flexibility index (Phi) is 4.95. The van der Waals surface area contributed by atoms with Crippen LogP contribution in [0, 0.1) is 6.92 Å². The van der Waals surface area contributed by atoms with Gasteiger partial charge in [0, 0.05) is 6.54 Å². The first-order chi connectivity index (χ1) is 8.04. The average molecular weight is 258 g/mol. The Morgan fingerprint density at radius 2 is 2.18 bits per heavy atom. The number of hydrogen-bond donors (Lipinski definition) is 2. The Morgan fingerprint density at radius 1 is 1.47 bits per heavy atom. The van der Waals surface area contributed by atoms with E-state index in [-0.39, 0.29) is 18.2 Å². The second kappa shape index (κ2) is 6.24. The normalized spacial score (nSPS) is 10.2. The zero-order valence-corrected chi connectivity index (χ0v) is 10.5. The summed E-state index contributed by atoms with van der Waals surface area (Å²) >= 11 is 1.05. The maximum absolute atomic E-state index is 11.4. The summed E-state index contributed by atoms with van der Waals surface area (Å²) in [7, 11) is 0. The highest BCUT2D eigenvalue weighted by Crippen LogP contribution is 2.16. The van der Waals surface area contributed by atoms with Crippen molar-refractivity contribution in [2.45, 2.75) is 25.5 Å². The van der Waals surface area contributed by atoms with E-state index >= 15 is 0 Å². The molecule has 0 fully saturated rings. The molecule has 0 spiro atoms. The molecule has 8 heteroatoms. The van der Waals surface area contributed by atoms with Gasteiger partial charge in [0.1, 0.15) is 12.4 Å². The zero-order valence-electron chi connectivity index (χ0n) is 9.63. The molecule has 0 aliphatic rings. The number of carboxylic acids is 1. The summed E-state index contributed by atoms with van der Waals surface area (Å²) in [6, 6.07) is 0. The van der Waals surface area contributed by atoms with Gasteiger partial charge < -0.3 is 10.4 Å². The Labute approximate surface area is 103 Å². The van der Waals surface area contributed by atoms with E-state index in [1.165, 1.54) is 0 Å². The van der Waals surface area contributed by atoms with Crippen molar-refractivity contribution in [3.8, 4) is 0 Å². The predicted molar refractivity (Wildman–Crippen MR) is 61.8 cm³/mol. The molecule has 0 radical (unpaired) electrons. The first kappa shape index (κ1) is 13.5. The highest BCUT2D eigenvalue weighted by atomic mass is 32.2. The van der Waals surface area contributed by atoms with Crippen molar-refractivity contribution in [3.05, 3.63) is 5.82 Å². The van der Waals surface area contributed by atoms with Crippen molar-refractivity contribution in [2.75, 3.05) is 12.3 Å². The molecular weight excluding hydrogens is 244 g/mol. The van der Waals surface area contributed by atoms with Gasteiger partial charge in [0.2, 0.25) is 5.91 Å². The second-order valence-electron chi connectivity index (χ2n) is 3.25. The van der Waals surface area contributed by atoms with Gasteiger partial charge in [-0.05, 0) is 13.8 Å². The zero-order chi connectivity index (χ0) is 12.8. The van der Waals surface area contributed by atoms with Crippen molar-refractivity contribution in [2.24, 2.45) is 0 Å². The average Bonchev–Trinajstić information content (AvgIpc) is 2.58. The van der Waals surface area contributed by atoms with Crippen LogP contribution in [0.3, 0.4) is 0 Å². The van der Waals surface area contributed by atoms with E-state index in [1.807, 2.05) is 6.92 Å². The molecule has 1 aromatic heterocycles. The third-order valence-corrected chi connectivity index (χ3v) is 2.85. The lowest BCUT2D eigenvalue weighted by atomic mass is 10.5. The summed E-state index contributed by atoms with van der Waals surface area (Å²) in [4.78, 5) is 21.9. The molecule has 0 aliphatic carbocycles. The van der Waals surface area contributed by atoms with E-state index in [1.54, 1.807) is 11.5 Å². The molecule has 1 heterocycles. The van der Waals surface area contributed by atoms with Crippen LogP contribution in [0.5, 0.6) is 0 Å². The number of aliphatic carboxylic acids is 1. The van der Waals surface area contributed by atoms with Crippen LogP contribution >= 0.6 is 11.8 Å². The molecule has 0 atom stereocenters. The van der Waals surface area contributed by atoms with Crippen LogP contribution in [0.25, 0.3) is 0 Å². The number of likely N-dealkylation sites (N-methyl/N-ethyl adjacent to an activating group) is 1. The van der Waals surface area contributed by atoms with E-state index in [0.717, 1.165) is 11.8 Å². The fourth-order valence-electron chi connectivity index (χ4n) is 1.17.